The first-order valence-corrected chi connectivity index (χ1v) is 11.0. The van der Waals surface area contributed by atoms with E-state index in [0.29, 0.717) is 12.4 Å². The van der Waals surface area contributed by atoms with E-state index in [1.165, 1.54) is 0 Å². The Kier molecular flexibility index (Phi) is 5.09. The molecule has 29 heavy (non-hydrogen) atoms. The number of aryl methyl sites for hydroxylation is 1. The van der Waals surface area contributed by atoms with Crippen molar-refractivity contribution in [2.45, 2.75) is 39.5 Å². The van der Waals surface area contributed by atoms with Gasteiger partial charge in [0, 0.05) is 0 Å². The molecule has 0 saturated carbocycles. The van der Waals surface area contributed by atoms with Crippen LogP contribution in [0.25, 0.3) is 21.3 Å². The molecule has 0 aliphatic carbocycles. The van der Waals surface area contributed by atoms with Crippen LogP contribution < -0.4 is 0 Å². The fourth-order valence-electron chi connectivity index (χ4n) is 3.17. The van der Waals surface area contributed by atoms with E-state index in [1.54, 1.807) is 4.57 Å². The van der Waals surface area contributed by atoms with E-state index in [9.17, 15) is 13.2 Å². The number of alkyl halides is 3. The van der Waals surface area contributed by atoms with Crippen molar-refractivity contribution in [3.63, 3.8) is 0 Å². The summed E-state index contributed by atoms with van der Waals surface area (Å²) in [5.41, 5.74) is 0.697. The molecule has 0 radical (unpaired) electrons. The molecule has 0 atom stereocenters. The van der Waals surface area contributed by atoms with Crippen LogP contribution in [0, 0.1) is 6.92 Å². The van der Waals surface area contributed by atoms with Crippen molar-refractivity contribution in [2.24, 2.45) is 0 Å². The number of fused-ring (bicyclic) bond motifs is 1. The standard InChI is InChI=1S/C19H17ClF3N5Se/c1-10(2)28-9-15(19(21,22)23)25-17(28)14-5-4-12(29-14)8-27-7-6-13-11(3)24-18(20)26-16(13)27/h4-7,9-10H,8H2,1-3H3. The molecule has 0 bridgehead atoms. The monoisotopic (exact) mass is 487 g/mol. The van der Waals surface area contributed by atoms with Gasteiger partial charge in [-0.1, -0.05) is 0 Å². The first kappa shape index (κ1) is 20.2. The summed E-state index contributed by atoms with van der Waals surface area (Å²) >= 11 is 5.86. The summed E-state index contributed by atoms with van der Waals surface area (Å²) in [6, 6.07) is 5.65. The summed E-state index contributed by atoms with van der Waals surface area (Å²) in [6.45, 7) is 6.16. The average Bonchev–Trinajstić information content (AvgIpc) is 3.32. The fraction of sp³-hybridized carbons (Fsp3) is 0.316. The molecule has 152 valence electrons. The first-order valence-electron chi connectivity index (χ1n) is 8.87. The molecule has 0 aliphatic rings. The summed E-state index contributed by atoms with van der Waals surface area (Å²) in [4.78, 5) is 12.4. The van der Waals surface area contributed by atoms with Crippen LogP contribution >= 0.6 is 11.6 Å². The van der Waals surface area contributed by atoms with E-state index >= 15 is 0 Å². The zero-order valence-electron chi connectivity index (χ0n) is 15.8. The molecule has 10 heteroatoms. The normalized spacial score (nSPS) is 12.4. The van der Waals surface area contributed by atoms with E-state index in [-0.39, 0.29) is 25.8 Å². The molecule has 0 amide bonds. The molecule has 4 aromatic rings. The SMILES string of the molecule is Cc1nc(Cl)nc2c1ccn2Cc1ccc(-c2nc(C(F)(F)F)cn2C(C)C)[se]1. The number of imidazole rings is 1. The molecule has 0 aromatic carbocycles. The quantitative estimate of drug-likeness (QED) is 0.302. The topological polar surface area (TPSA) is 48.5 Å². The molecule has 4 aromatic heterocycles. The third-order valence-electron chi connectivity index (χ3n) is 4.57. The molecule has 0 unspecified atom stereocenters. The Hall–Kier alpha value is -2.09. The molecule has 0 N–H and O–H groups in total. The maximum atomic E-state index is 13.1. The van der Waals surface area contributed by atoms with Crippen LogP contribution in [0.4, 0.5) is 13.2 Å². The van der Waals surface area contributed by atoms with Gasteiger partial charge in [-0.2, -0.15) is 0 Å². The van der Waals surface area contributed by atoms with Gasteiger partial charge in [-0.15, -0.1) is 0 Å². The average molecular weight is 487 g/mol. The van der Waals surface area contributed by atoms with Crippen molar-refractivity contribution in [3.8, 4) is 10.3 Å². The minimum absolute atomic E-state index is 0.121. The van der Waals surface area contributed by atoms with E-state index < -0.39 is 11.9 Å². The number of rotatable bonds is 4. The van der Waals surface area contributed by atoms with Crippen LogP contribution in [0.1, 0.15) is 35.7 Å². The van der Waals surface area contributed by atoms with Crippen molar-refractivity contribution >= 4 is 37.1 Å². The molecule has 0 aliphatic heterocycles. The number of aromatic nitrogens is 5. The van der Waals surface area contributed by atoms with Crippen LogP contribution in [-0.2, 0) is 12.7 Å². The second-order valence-electron chi connectivity index (χ2n) is 6.97. The summed E-state index contributed by atoms with van der Waals surface area (Å²) in [5.74, 6) is 0.386. The molecule has 0 saturated heterocycles. The second kappa shape index (κ2) is 7.31. The minimum atomic E-state index is -4.46. The first-order chi connectivity index (χ1) is 13.6. The third kappa shape index (κ3) is 3.86. The Balaban J connectivity index is 1.69. The van der Waals surface area contributed by atoms with E-state index in [1.807, 2.05) is 49.7 Å². The van der Waals surface area contributed by atoms with Gasteiger partial charge in [0.1, 0.15) is 0 Å². The Bertz CT molecular complexity index is 1190. The second-order valence-corrected chi connectivity index (χ2v) is 9.76. The Morgan fingerprint density at radius 1 is 1.14 bits per heavy atom. The van der Waals surface area contributed by atoms with Gasteiger partial charge >= 0.3 is 176 Å². The van der Waals surface area contributed by atoms with Crippen LogP contribution in [0.5, 0.6) is 0 Å². The number of hydrogen-bond donors (Lipinski definition) is 0. The number of nitrogens with zero attached hydrogens (tertiary/aromatic N) is 5. The van der Waals surface area contributed by atoms with E-state index in [4.69, 9.17) is 11.6 Å². The van der Waals surface area contributed by atoms with Crippen LogP contribution in [0.15, 0.2) is 30.6 Å². The fourth-order valence-corrected chi connectivity index (χ4v) is 5.47. The van der Waals surface area contributed by atoms with Crippen molar-refractivity contribution < 1.29 is 13.2 Å². The van der Waals surface area contributed by atoms with Crippen molar-refractivity contribution in [1.29, 1.82) is 0 Å². The molecule has 4 heterocycles. The van der Waals surface area contributed by atoms with Crippen molar-refractivity contribution in [3.05, 3.63) is 51.7 Å². The Labute approximate surface area is 175 Å². The Morgan fingerprint density at radius 3 is 2.59 bits per heavy atom. The third-order valence-corrected chi connectivity index (χ3v) is 6.97. The van der Waals surface area contributed by atoms with E-state index in [2.05, 4.69) is 15.0 Å². The van der Waals surface area contributed by atoms with Gasteiger partial charge in [0.15, 0.2) is 0 Å². The Morgan fingerprint density at radius 2 is 1.90 bits per heavy atom. The molecule has 5 nitrogen and oxygen atoms in total. The van der Waals surface area contributed by atoms with Gasteiger partial charge in [0.25, 0.3) is 0 Å². The predicted molar refractivity (Wildman–Crippen MR) is 106 cm³/mol. The van der Waals surface area contributed by atoms with Gasteiger partial charge in [-0.3, -0.25) is 0 Å². The van der Waals surface area contributed by atoms with Crippen LogP contribution in [-0.4, -0.2) is 38.6 Å². The summed E-state index contributed by atoms with van der Waals surface area (Å²) < 4.78 is 45.0. The molecule has 4 rings (SSSR count). The molecule has 0 spiro atoms. The van der Waals surface area contributed by atoms with E-state index in [0.717, 1.165) is 31.8 Å². The van der Waals surface area contributed by atoms with Gasteiger partial charge in [0.2, 0.25) is 0 Å². The maximum absolute atomic E-state index is 13.1. The zero-order chi connectivity index (χ0) is 20.9. The molecular formula is C19H17ClF3N5Se. The van der Waals surface area contributed by atoms with Gasteiger partial charge < -0.3 is 0 Å². The zero-order valence-corrected chi connectivity index (χ0v) is 18.3. The van der Waals surface area contributed by atoms with Gasteiger partial charge in [-0.05, 0) is 0 Å². The van der Waals surface area contributed by atoms with Crippen molar-refractivity contribution in [1.82, 2.24) is 24.1 Å². The predicted octanol–water partition coefficient (Wildman–Crippen LogP) is 4.96. The molecular weight excluding hydrogens is 470 g/mol. The van der Waals surface area contributed by atoms with Crippen LogP contribution in [0.3, 0.4) is 0 Å². The van der Waals surface area contributed by atoms with Crippen molar-refractivity contribution in [2.75, 3.05) is 0 Å². The number of hydrogen-bond acceptors (Lipinski definition) is 3. The summed E-state index contributed by atoms with van der Waals surface area (Å²) in [6.07, 6.45) is -1.44. The van der Waals surface area contributed by atoms with Gasteiger partial charge in [0.05, 0.1) is 0 Å². The summed E-state index contributed by atoms with van der Waals surface area (Å²) in [5, 5.41) is 1.12. The number of halogens is 4. The van der Waals surface area contributed by atoms with Gasteiger partial charge in [-0.25, -0.2) is 0 Å². The molecule has 0 fully saturated rings. The van der Waals surface area contributed by atoms with Crippen LogP contribution in [0.2, 0.25) is 5.28 Å². The summed E-state index contributed by atoms with van der Waals surface area (Å²) in [7, 11) is 0.